The van der Waals surface area contributed by atoms with Crippen molar-refractivity contribution in [1.82, 2.24) is 0 Å². The quantitative estimate of drug-likeness (QED) is 0.447. The highest BCUT2D eigenvalue weighted by Crippen LogP contribution is 2.29. The Morgan fingerprint density at radius 1 is 0.609 bits per heavy atom. The fourth-order valence-electron chi connectivity index (χ4n) is 3.03. The Morgan fingerprint density at radius 3 is 1.91 bits per heavy atom. The molecule has 1 nitrogen and oxygen atoms in total. The second kappa shape index (κ2) is 5.77. The summed E-state index contributed by atoms with van der Waals surface area (Å²) in [5.74, 6) is 0.929. The van der Waals surface area contributed by atoms with Crippen LogP contribution in [0.4, 0.5) is 0 Å². The fourth-order valence-corrected chi connectivity index (χ4v) is 3.03. The van der Waals surface area contributed by atoms with Crippen LogP contribution in [0.5, 0.6) is 5.75 Å². The molecular formula is C22H18O. The Balaban J connectivity index is 1.79. The topological polar surface area (TPSA) is 9.23 Å². The summed E-state index contributed by atoms with van der Waals surface area (Å²) < 4.78 is 5.58. The summed E-state index contributed by atoms with van der Waals surface area (Å²) in [6.45, 7) is 2.70. The van der Waals surface area contributed by atoms with E-state index in [2.05, 4.69) is 72.8 Å². The van der Waals surface area contributed by atoms with Crippen LogP contribution in [0.15, 0.2) is 78.9 Å². The van der Waals surface area contributed by atoms with E-state index >= 15 is 0 Å². The van der Waals surface area contributed by atoms with E-state index in [1.807, 2.05) is 13.0 Å². The third kappa shape index (κ3) is 2.66. The highest BCUT2D eigenvalue weighted by atomic mass is 16.5. The van der Waals surface area contributed by atoms with Gasteiger partial charge in [0, 0.05) is 0 Å². The van der Waals surface area contributed by atoms with Gasteiger partial charge in [-0.05, 0) is 63.9 Å². The minimum absolute atomic E-state index is 0.695. The summed E-state index contributed by atoms with van der Waals surface area (Å²) in [4.78, 5) is 0. The van der Waals surface area contributed by atoms with Gasteiger partial charge in [0.05, 0.1) is 6.61 Å². The minimum Gasteiger partial charge on any atom is -0.494 e. The summed E-state index contributed by atoms with van der Waals surface area (Å²) in [6.07, 6.45) is 0. The maximum Gasteiger partial charge on any atom is 0.119 e. The first-order valence-corrected chi connectivity index (χ1v) is 7.99. The lowest BCUT2D eigenvalue weighted by molar-refractivity contribution is 0.341. The van der Waals surface area contributed by atoms with E-state index in [1.165, 1.54) is 32.7 Å². The van der Waals surface area contributed by atoms with Crippen molar-refractivity contribution in [2.45, 2.75) is 6.92 Å². The van der Waals surface area contributed by atoms with Crippen molar-refractivity contribution in [2.75, 3.05) is 6.61 Å². The van der Waals surface area contributed by atoms with Crippen molar-refractivity contribution in [3.05, 3.63) is 78.9 Å². The van der Waals surface area contributed by atoms with Crippen molar-refractivity contribution in [2.24, 2.45) is 0 Å². The molecule has 0 radical (unpaired) electrons. The summed E-state index contributed by atoms with van der Waals surface area (Å²) >= 11 is 0. The zero-order valence-electron chi connectivity index (χ0n) is 13.1. The minimum atomic E-state index is 0.695. The van der Waals surface area contributed by atoms with E-state index in [-0.39, 0.29) is 0 Å². The van der Waals surface area contributed by atoms with Crippen LogP contribution in [0.3, 0.4) is 0 Å². The van der Waals surface area contributed by atoms with Crippen LogP contribution in [0, 0.1) is 0 Å². The van der Waals surface area contributed by atoms with Crippen LogP contribution in [-0.4, -0.2) is 6.61 Å². The third-order valence-electron chi connectivity index (χ3n) is 4.21. The largest absolute Gasteiger partial charge is 0.494 e. The molecule has 0 fully saturated rings. The van der Waals surface area contributed by atoms with Gasteiger partial charge in [0.15, 0.2) is 0 Å². The standard InChI is InChI=1S/C22H18O/c1-2-23-22-12-11-20-14-19(9-10-21(20)15-22)18-8-7-16-5-3-4-6-17(16)13-18/h3-15H,2H2,1H3. The van der Waals surface area contributed by atoms with Crippen molar-refractivity contribution in [1.29, 1.82) is 0 Å². The van der Waals surface area contributed by atoms with Gasteiger partial charge in [-0.1, -0.05) is 54.6 Å². The zero-order chi connectivity index (χ0) is 15.6. The van der Waals surface area contributed by atoms with E-state index in [9.17, 15) is 0 Å². The van der Waals surface area contributed by atoms with Crippen molar-refractivity contribution in [3.8, 4) is 16.9 Å². The molecule has 0 bridgehead atoms. The van der Waals surface area contributed by atoms with E-state index in [4.69, 9.17) is 4.74 Å². The monoisotopic (exact) mass is 298 g/mol. The zero-order valence-corrected chi connectivity index (χ0v) is 13.1. The molecule has 0 aliphatic rings. The molecule has 112 valence electrons. The van der Waals surface area contributed by atoms with Gasteiger partial charge in [-0.15, -0.1) is 0 Å². The summed E-state index contributed by atoms with van der Waals surface area (Å²) in [6, 6.07) is 28.0. The molecule has 0 amide bonds. The molecule has 0 atom stereocenters. The van der Waals surface area contributed by atoms with Gasteiger partial charge in [-0.25, -0.2) is 0 Å². The Bertz CT molecular complexity index is 985. The van der Waals surface area contributed by atoms with Gasteiger partial charge in [0.2, 0.25) is 0 Å². The molecule has 0 unspecified atom stereocenters. The number of fused-ring (bicyclic) bond motifs is 2. The molecule has 1 heteroatoms. The Hall–Kier alpha value is -2.80. The van der Waals surface area contributed by atoms with E-state index < -0.39 is 0 Å². The Kier molecular flexibility index (Phi) is 3.47. The molecule has 0 spiro atoms. The maximum atomic E-state index is 5.58. The first-order chi connectivity index (χ1) is 11.3. The van der Waals surface area contributed by atoms with E-state index in [1.54, 1.807) is 0 Å². The van der Waals surface area contributed by atoms with Crippen LogP contribution >= 0.6 is 0 Å². The average Bonchev–Trinajstić information content (AvgIpc) is 2.61. The highest BCUT2D eigenvalue weighted by molar-refractivity contribution is 5.91. The molecule has 4 aromatic carbocycles. The maximum absolute atomic E-state index is 5.58. The van der Waals surface area contributed by atoms with Crippen molar-refractivity contribution >= 4 is 21.5 Å². The lowest BCUT2D eigenvalue weighted by atomic mass is 9.98. The summed E-state index contributed by atoms with van der Waals surface area (Å²) in [5.41, 5.74) is 2.49. The van der Waals surface area contributed by atoms with E-state index in [0.29, 0.717) is 6.61 Å². The second-order valence-corrected chi connectivity index (χ2v) is 5.72. The molecule has 23 heavy (non-hydrogen) atoms. The van der Waals surface area contributed by atoms with Crippen molar-refractivity contribution < 1.29 is 4.74 Å². The number of hydrogen-bond acceptors (Lipinski definition) is 1. The predicted octanol–water partition coefficient (Wildman–Crippen LogP) is 6.06. The first kappa shape index (κ1) is 13.8. The van der Waals surface area contributed by atoms with Gasteiger partial charge in [0.1, 0.15) is 5.75 Å². The smallest absolute Gasteiger partial charge is 0.119 e. The normalized spacial score (nSPS) is 11.0. The molecule has 4 rings (SSSR count). The van der Waals surface area contributed by atoms with Crippen LogP contribution < -0.4 is 4.74 Å². The third-order valence-corrected chi connectivity index (χ3v) is 4.21. The first-order valence-electron chi connectivity index (χ1n) is 7.99. The molecule has 4 aromatic rings. The van der Waals surface area contributed by atoms with Crippen molar-refractivity contribution in [3.63, 3.8) is 0 Å². The predicted molar refractivity (Wildman–Crippen MR) is 98.1 cm³/mol. The molecule has 0 N–H and O–H groups in total. The SMILES string of the molecule is CCOc1ccc2cc(-c3ccc4ccccc4c3)ccc2c1. The highest BCUT2D eigenvalue weighted by Gasteiger charge is 2.03. The molecule has 0 heterocycles. The van der Waals surface area contributed by atoms with Crippen LogP contribution in [-0.2, 0) is 0 Å². The summed E-state index contributed by atoms with van der Waals surface area (Å²) in [5, 5.41) is 5.00. The molecule has 0 saturated heterocycles. The van der Waals surface area contributed by atoms with Gasteiger partial charge >= 0.3 is 0 Å². The average molecular weight is 298 g/mol. The molecule has 0 aromatic heterocycles. The van der Waals surface area contributed by atoms with Crippen LogP contribution in [0.1, 0.15) is 6.92 Å². The van der Waals surface area contributed by atoms with Gasteiger partial charge in [-0.2, -0.15) is 0 Å². The van der Waals surface area contributed by atoms with Crippen LogP contribution in [0.2, 0.25) is 0 Å². The lowest BCUT2D eigenvalue weighted by Crippen LogP contribution is -1.90. The Morgan fingerprint density at radius 2 is 1.17 bits per heavy atom. The number of rotatable bonds is 3. The lowest BCUT2D eigenvalue weighted by Gasteiger charge is -2.08. The number of hydrogen-bond donors (Lipinski definition) is 0. The summed E-state index contributed by atoms with van der Waals surface area (Å²) in [7, 11) is 0. The number of benzene rings is 4. The van der Waals surface area contributed by atoms with Gasteiger partial charge in [0.25, 0.3) is 0 Å². The second-order valence-electron chi connectivity index (χ2n) is 5.72. The molecule has 0 aliphatic heterocycles. The fraction of sp³-hybridized carbons (Fsp3) is 0.0909. The van der Waals surface area contributed by atoms with E-state index in [0.717, 1.165) is 5.75 Å². The van der Waals surface area contributed by atoms with Crippen LogP contribution in [0.25, 0.3) is 32.7 Å². The van der Waals surface area contributed by atoms with Gasteiger partial charge in [-0.3, -0.25) is 0 Å². The molecule has 0 aliphatic carbocycles. The van der Waals surface area contributed by atoms with Gasteiger partial charge < -0.3 is 4.74 Å². The molecular weight excluding hydrogens is 280 g/mol. The molecule has 0 saturated carbocycles. The number of ether oxygens (including phenoxy) is 1. The Labute approximate surface area is 136 Å².